The largest absolute Gasteiger partial charge is 0.333 e. The quantitative estimate of drug-likeness (QED) is 0.228. The van der Waals surface area contributed by atoms with E-state index in [-0.39, 0.29) is 5.69 Å². The van der Waals surface area contributed by atoms with Crippen LogP contribution in [0, 0.1) is 0 Å². The van der Waals surface area contributed by atoms with Gasteiger partial charge in [0.05, 0.1) is 28.1 Å². The summed E-state index contributed by atoms with van der Waals surface area (Å²) in [5.41, 5.74) is 9.32. The Morgan fingerprint density at radius 1 is 0.537 bits per heavy atom. The van der Waals surface area contributed by atoms with Gasteiger partial charge >= 0.3 is 5.69 Å². The van der Waals surface area contributed by atoms with Crippen molar-refractivity contribution < 1.29 is 0 Å². The summed E-state index contributed by atoms with van der Waals surface area (Å²) in [6, 6.07) is 46.5. The lowest BCUT2D eigenvalue weighted by atomic mass is 10.0. The van der Waals surface area contributed by atoms with Crippen molar-refractivity contribution in [3.63, 3.8) is 0 Å². The number of hydrogen-bond acceptors (Lipinski definition) is 3. The molecule has 0 fully saturated rings. The summed E-state index contributed by atoms with van der Waals surface area (Å²) < 4.78 is 3.50. The third-order valence-corrected chi connectivity index (χ3v) is 7.40. The minimum Gasteiger partial charge on any atom is -0.294 e. The number of hydrogen-bond donors (Lipinski definition) is 0. The van der Waals surface area contributed by atoms with Gasteiger partial charge in [-0.25, -0.2) is 14.8 Å². The molecule has 5 aromatic carbocycles. The van der Waals surface area contributed by atoms with Crippen molar-refractivity contribution in [2.75, 3.05) is 0 Å². The molecule has 0 amide bonds. The van der Waals surface area contributed by atoms with E-state index in [1.54, 1.807) is 9.13 Å². The summed E-state index contributed by atoms with van der Waals surface area (Å²) in [5, 5.41) is 0. The number of nitrogens with zero attached hydrogens (tertiary/aromatic N) is 4. The van der Waals surface area contributed by atoms with Gasteiger partial charge in [0, 0.05) is 29.3 Å². The number of benzene rings is 5. The van der Waals surface area contributed by atoms with Gasteiger partial charge in [0.15, 0.2) is 5.82 Å². The second-order valence-electron chi connectivity index (χ2n) is 9.96. The van der Waals surface area contributed by atoms with Gasteiger partial charge in [-0.05, 0) is 29.8 Å². The van der Waals surface area contributed by atoms with Crippen LogP contribution in [0.5, 0.6) is 0 Å². The monoisotopic (exact) mass is 530 g/mol. The predicted octanol–water partition coefficient (Wildman–Crippen LogP) is 7.79. The zero-order valence-electron chi connectivity index (χ0n) is 22.5. The van der Waals surface area contributed by atoms with Crippen molar-refractivity contribution in [1.82, 2.24) is 19.1 Å². The highest BCUT2D eigenvalue weighted by Gasteiger charge is 2.17. The van der Waals surface area contributed by atoms with Crippen molar-refractivity contribution in [3.05, 3.63) is 150 Å². The van der Waals surface area contributed by atoms with E-state index in [1.807, 2.05) is 104 Å². The van der Waals surface area contributed by atoms with E-state index in [0.29, 0.717) is 5.82 Å². The molecule has 0 saturated heterocycles. The number of imidazole rings is 1. The molecule has 5 heteroatoms. The van der Waals surface area contributed by atoms with Crippen LogP contribution in [0.4, 0.5) is 0 Å². The van der Waals surface area contributed by atoms with Crippen LogP contribution in [0.3, 0.4) is 0 Å². The van der Waals surface area contributed by atoms with Gasteiger partial charge in [0.2, 0.25) is 0 Å². The normalized spacial score (nSPS) is 11.1. The minimum absolute atomic E-state index is 0.0712. The van der Waals surface area contributed by atoms with Crippen molar-refractivity contribution in [2.45, 2.75) is 0 Å². The maximum absolute atomic E-state index is 13.3. The Morgan fingerprint density at radius 3 is 1.71 bits per heavy atom. The van der Waals surface area contributed by atoms with Gasteiger partial charge in [-0.15, -0.1) is 0 Å². The fraction of sp³-hybridized carbons (Fsp3) is 0.0278. The molecule has 0 saturated carbocycles. The topological polar surface area (TPSA) is 52.7 Å². The fourth-order valence-electron chi connectivity index (χ4n) is 5.36. The molecule has 2 heterocycles. The molecular formula is C36H26N4O. The Morgan fingerprint density at radius 2 is 1.07 bits per heavy atom. The Balaban J connectivity index is 1.33. The van der Waals surface area contributed by atoms with Crippen LogP contribution < -0.4 is 5.69 Å². The molecule has 196 valence electrons. The summed E-state index contributed by atoms with van der Waals surface area (Å²) >= 11 is 0. The Kier molecular flexibility index (Phi) is 6.10. The molecule has 7 rings (SSSR count). The maximum atomic E-state index is 13.3. The highest BCUT2D eigenvalue weighted by molar-refractivity contribution is 5.94. The molecule has 0 aliphatic rings. The third kappa shape index (κ3) is 4.43. The number of aromatic nitrogens is 4. The van der Waals surface area contributed by atoms with Gasteiger partial charge in [-0.2, -0.15) is 0 Å². The van der Waals surface area contributed by atoms with Crippen LogP contribution in [0.15, 0.2) is 144 Å². The Bertz CT molecular complexity index is 1990. The molecule has 0 bridgehead atoms. The lowest BCUT2D eigenvalue weighted by Gasteiger charge is -2.11. The standard InChI is InChI=1S/C36H26N4O/c1-39-34-30(18-11-19-33(34)40(36(39)41)29-16-9-4-10-17-29)25-20-22-27(23-21-25)32-24-31(26-12-5-2-6-13-26)37-35(38-32)28-14-7-3-8-15-28/h2-24H,1H3. The summed E-state index contributed by atoms with van der Waals surface area (Å²) in [6.45, 7) is 0. The fourth-order valence-corrected chi connectivity index (χ4v) is 5.36. The Labute approximate surface area is 237 Å². The molecule has 7 aromatic rings. The number of aryl methyl sites for hydroxylation is 1. The first kappa shape index (κ1) is 24.5. The van der Waals surface area contributed by atoms with Crippen LogP contribution in [0.2, 0.25) is 0 Å². The molecule has 5 nitrogen and oxygen atoms in total. The predicted molar refractivity (Wildman–Crippen MR) is 166 cm³/mol. The van der Waals surface area contributed by atoms with Crippen LogP contribution in [-0.4, -0.2) is 19.1 Å². The first-order chi connectivity index (χ1) is 20.2. The van der Waals surface area contributed by atoms with Gasteiger partial charge in [-0.1, -0.05) is 115 Å². The van der Waals surface area contributed by atoms with Crippen LogP contribution >= 0.6 is 0 Å². The van der Waals surface area contributed by atoms with Gasteiger partial charge in [0.25, 0.3) is 0 Å². The van der Waals surface area contributed by atoms with Gasteiger partial charge in [-0.3, -0.25) is 9.13 Å². The van der Waals surface area contributed by atoms with E-state index < -0.39 is 0 Å². The van der Waals surface area contributed by atoms with Crippen molar-refractivity contribution >= 4 is 11.0 Å². The molecule has 0 aliphatic carbocycles. The van der Waals surface area contributed by atoms with Crippen molar-refractivity contribution in [2.24, 2.45) is 7.05 Å². The molecule has 0 aliphatic heterocycles. The second kappa shape index (κ2) is 10.2. The Hall–Kier alpha value is -5.55. The molecule has 0 unspecified atom stereocenters. The van der Waals surface area contributed by atoms with Gasteiger partial charge < -0.3 is 0 Å². The molecule has 0 atom stereocenters. The van der Waals surface area contributed by atoms with E-state index >= 15 is 0 Å². The summed E-state index contributed by atoms with van der Waals surface area (Å²) in [7, 11) is 1.83. The van der Waals surface area contributed by atoms with Crippen molar-refractivity contribution in [3.8, 4) is 50.7 Å². The van der Waals surface area contributed by atoms with Crippen molar-refractivity contribution in [1.29, 1.82) is 0 Å². The van der Waals surface area contributed by atoms with Gasteiger partial charge in [0.1, 0.15) is 0 Å². The minimum atomic E-state index is -0.0712. The highest BCUT2D eigenvalue weighted by Crippen LogP contribution is 2.32. The van der Waals surface area contributed by atoms with Crippen LogP contribution in [-0.2, 0) is 7.05 Å². The average molecular weight is 531 g/mol. The van der Waals surface area contributed by atoms with E-state index in [4.69, 9.17) is 9.97 Å². The number of fused-ring (bicyclic) bond motifs is 1. The summed E-state index contributed by atoms with van der Waals surface area (Å²) in [6.07, 6.45) is 0. The molecule has 0 spiro atoms. The molecule has 2 aromatic heterocycles. The van der Waals surface area contributed by atoms with E-state index in [2.05, 4.69) is 42.5 Å². The lowest BCUT2D eigenvalue weighted by molar-refractivity contribution is 0.847. The van der Waals surface area contributed by atoms with Crippen LogP contribution in [0.25, 0.3) is 61.8 Å². The van der Waals surface area contributed by atoms with E-state index in [9.17, 15) is 4.79 Å². The lowest BCUT2D eigenvalue weighted by Crippen LogP contribution is -2.20. The third-order valence-electron chi connectivity index (χ3n) is 7.40. The number of rotatable bonds is 5. The SMILES string of the molecule is Cn1c(=O)n(-c2ccccc2)c2cccc(-c3ccc(-c4cc(-c5ccccc5)nc(-c5ccccc5)n4)cc3)c21. The van der Waals surface area contributed by atoms with Crippen LogP contribution in [0.1, 0.15) is 0 Å². The first-order valence-corrected chi connectivity index (χ1v) is 13.5. The molecular weight excluding hydrogens is 504 g/mol. The zero-order valence-corrected chi connectivity index (χ0v) is 22.5. The summed E-state index contributed by atoms with van der Waals surface area (Å²) in [5.74, 6) is 0.688. The first-order valence-electron chi connectivity index (χ1n) is 13.5. The molecule has 0 radical (unpaired) electrons. The maximum Gasteiger partial charge on any atom is 0.333 e. The zero-order chi connectivity index (χ0) is 27.8. The van der Waals surface area contributed by atoms with E-state index in [1.165, 1.54) is 0 Å². The number of para-hydroxylation sites is 2. The average Bonchev–Trinajstić information content (AvgIpc) is 3.31. The van der Waals surface area contributed by atoms with E-state index in [0.717, 1.165) is 55.9 Å². The second-order valence-corrected chi connectivity index (χ2v) is 9.96. The molecule has 41 heavy (non-hydrogen) atoms. The summed E-state index contributed by atoms with van der Waals surface area (Å²) in [4.78, 5) is 23.2. The molecule has 0 N–H and O–H groups in total. The highest BCUT2D eigenvalue weighted by atomic mass is 16.1. The smallest absolute Gasteiger partial charge is 0.294 e.